The number of hydrogen-bond donors (Lipinski definition) is 0. The van der Waals surface area contributed by atoms with Crippen molar-refractivity contribution in [2.24, 2.45) is 0 Å². The number of para-hydroxylation sites is 2. The van der Waals surface area contributed by atoms with Gasteiger partial charge in [0, 0.05) is 118 Å². The molecular formula is C102H79BN4S2. The molecule has 522 valence electrons. The van der Waals surface area contributed by atoms with Gasteiger partial charge < -0.3 is 18.9 Å². The number of aromatic nitrogens is 2. The SMILES string of the molecule is CC(C)(C)c1cc(-c2ccccc2)c(N2c3cc(-n4c5ccccc5c5c6c(ccc54)sc4ccccc46)ccc3B3c4ccc(-n5c6ccccc6c6c7c(ccc65)sc5ccccc57)cc4N(c4c(-c5ccccc5)cc(C(C)(C)C)cc4-c4ccccc4)c4cc(C(C)(C)C)cc2c43)c(-c2ccccc2)c1. The molecule has 21 rings (SSSR count). The Labute approximate surface area is 644 Å². The number of nitrogens with zero attached hydrogens (tertiary/aromatic N) is 4. The van der Waals surface area contributed by atoms with Gasteiger partial charge in [0.25, 0.3) is 6.71 Å². The minimum atomic E-state index is -0.343. The minimum Gasteiger partial charge on any atom is -0.310 e. The average molecular weight is 1440 g/mol. The van der Waals surface area contributed by atoms with Crippen LogP contribution in [0.15, 0.2) is 315 Å². The summed E-state index contributed by atoms with van der Waals surface area (Å²) >= 11 is 3.78. The lowest BCUT2D eigenvalue weighted by atomic mass is 9.33. The summed E-state index contributed by atoms with van der Waals surface area (Å²) in [6.07, 6.45) is 0. The van der Waals surface area contributed by atoms with E-state index in [0.717, 1.165) is 67.8 Å². The summed E-state index contributed by atoms with van der Waals surface area (Å²) in [5, 5.41) is 10.3. The maximum atomic E-state index is 2.75. The number of anilines is 6. The van der Waals surface area contributed by atoms with E-state index in [1.165, 1.54) is 139 Å². The van der Waals surface area contributed by atoms with Gasteiger partial charge in [-0.15, -0.1) is 22.7 Å². The Hall–Kier alpha value is -12.0. The molecule has 0 saturated heterocycles. The zero-order valence-electron chi connectivity index (χ0n) is 62.7. The quantitative estimate of drug-likeness (QED) is 0.141. The second-order valence-corrected chi connectivity index (χ2v) is 35.3. The molecule has 0 N–H and O–H groups in total. The molecule has 4 aromatic heterocycles. The van der Waals surface area contributed by atoms with Crippen LogP contribution < -0.4 is 26.2 Å². The summed E-state index contributed by atoms with van der Waals surface area (Å²) < 4.78 is 10.3. The molecule has 109 heavy (non-hydrogen) atoms. The predicted octanol–water partition coefficient (Wildman–Crippen LogP) is 27.3. The Morgan fingerprint density at radius 2 is 0.578 bits per heavy atom. The summed E-state index contributed by atoms with van der Waals surface area (Å²) in [6, 6.07) is 121. The largest absolute Gasteiger partial charge is 0.310 e. The Morgan fingerprint density at radius 1 is 0.257 bits per heavy atom. The molecule has 15 aromatic carbocycles. The van der Waals surface area contributed by atoms with Crippen LogP contribution in [-0.2, 0) is 16.2 Å². The molecule has 0 unspecified atom stereocenters. The highest BCUT2D eigenvalue weighted by molar-refractivity contribution is 7.26. The van der Waals surface area contributed by atoms with E-state index in [9.17, 15) is 0 Å². The van der Waals surface area contributed by atoms with Crippen LogP contribution in [-0.4, -0.2) is 15.8 Å². The van der Waals surface area contributed by atoms with Crippen molar-refractivity contribution in [1.29, 1.82) is 0 Å². The van der Waals surface area contributed by atoms with Gasteiger partial charge in [-0.3, -0.25) is 0 Å². The van der Waals surface area contributed by atoms with E-state index in [0.29, 0.717) is 0 Å². The monoisotopic (exact) mass is 1430 g/mol. The van der Waals surface area contributed by atoms with Crippen LogP contribution in [0.25, 0.3) is 140 Å². The summed E-state index contributed by atoms with van der Waals surface area (Å²) in [6.45, 7) is 21.2. The van der Waals surface area contributed by atoms with E-state index in [2.05, 4.69) is 397 Å². The molecule has 2 aliphatic heterocycles. The van der Waals surface area contributed by atoms with Gasteiger partial charge >= 0.3 is 0 Å². The summed E-state index contributed by atoms with van der Waals surface area (Å²) in [5.41, 5.74) is 29.9. The zero-order chi connectivity index (χ0) is 73.5. The van der Waals surface area contributed by atoms with Gasteiger partial charge in [-0.1, -0.05) is 269 Å². The van der Waals surface area contributed by atoms with Gasteiger partial charge in [0.05, 0.1) is 33.4 Å². The van der Waals surface area contributed by atoms with Crippen LogP contribution >= 0.6 is 22.7 Å². The lowest BCUT2D eigenvalue weighted by Gasteiger charge is -2.47. The van der Waals surface area contributed by atoms with Crippen molar-refractivity contribution >= 4 is 164 Å². The molecule has 6 heterocycles. The lowest BCUT2D eigenvalue weighted by molar-refractivity contribution is 0.590. The fourth-order valence-electron chi connectivity index (χ4n) is 18.2. The lowest BCUT2D eigenvalue weighted by Crippen LogP contribution is -2.61. The summed E-state index contributed by atoms with van der Waals surface area (Å²) in [7, 11) is 0. The third kappa shape index (κ3) is 10.1. The smallest absolute Gasteiger partial charge is 0.252 e. The topological polar surface area (TPSA) is 16.3 Å². The molecule has 19 aromatic rings. The molecular weight excluding hydrogens is 1360 g/mol. The van der Waals surface area contributed by atoms with Gasteiger partial charge in [-0.2, -0.15) is 0 Å². The Balaban J connectivity index is 0.941. The van der Waals surface area contributed by atoms with Crippen LogP contribution in [0.4, 0.5) is 34.1 Å². The standard InChI is InChI=1S/C102H79BN4S2/c1-100(2,3)66-54-75(62-30-14-10-15-31-62)98(76(55-66)63-32-16-11-17-33-63)106-85-60-69(104-81-42-26-22-38-71(81)93-83(104)50-52-91-95(93)73-40-24-28-44-89(73)108-91)46-48-79(85)103-80-49-47-70(105-82-43-27-23-39-72(82)94-84(105)51-53-92-96(94)74-41-25-29-45-90(74)109-92)61-86(80)107(88-59-68(102(7,8)9)58-87(106)97(88)103)99-77(64-34-18-12-19-35-64)56-67(101(4,5)6)57-78(99)65-36-20-13-21-37-65/h10-61H,1-9H3. The van der Waals surface area contributed by atoms with Crippen molar-refractivity contribution in [3.05, 3.63) is 332 Å². The molecule has 0 bridgehead atoms. The van der Waals surface area contributed by atoms with E-state index in [4.69, 9.17) is 0 Å². The summed E-state index contributed by atoms with van der Waals surface area (Å²) in [4.78, 5) is 5.50. The van der Waals surface area contributed by atoms with Crippen molar-refractivity contribution in [2.75, 3.05) is 9.80 Å². The maximum absolute atomic E-state index is 2.75. The molecule has 0 aliphatic carbocycles. The zero-order valence-corrected chi connectivity index (χ0v) is 64.3. The Kier molecular flexibility index (Phi) is 14.5. The second kappa shape index (κ2) is 24.3. The van der Waals surface area contributed by atoms with Crippen molar-refractivity contribution < 1.29 is 0 Å². The van der Waals surface area contributed by atoms with E-state index in [1.54, 1.807) is 0 Å². The fraction of sp³-hybridized carbons (Fsp3) is 0.118. The maximum Gasteiger partial charge on any atom is 0.252 e. The van der Waals surface area contributed by atoms with Crippen LogP contribution in [0.1, 0.15) is 79.0 Å². The molecule has 4 nitrogen and oxygen atoms in total. The Bertz CT molecular complexity index is 6450. The Morgan fingerprint density at radius 3 is 0.936 bits per heavy atom. The first-order valence-electron chi connectivity index (χ1n) is 38.3. The number of benzene rings is 15. The van der Waals surface area contributed by atoms with Gasteiger partial charge in [-0.25, -0.2) is 0 Å². The molecule has 7 heteroatoms. The van der Waals surface area contributed by atoms with E-state index < -0.39 is 0 Å². The summed E-state index contributed by atoms with van der Waals surface area (Å²) in [5.74, 6) is 0. The van der Waals surface area contributed by atoms with Crippen molar-refractivity contribution in [1.82, 2.24) is 9.13 Å². The van der Waals surface area contributed by atoms with Crippen LogP contribution in [0, 0.1) is 0 Å². The van der Waals surface area contributed by atoms with Crippen molar-refractivity contribution in [3.8, 4) is 55.9 Å². The first-order valence-corrected chi connectivity index (χ1v) is 40.0. The number of thiophene rings is 2. The van der Waals surface area contributed by atoms with Crippen molar-refractivity contribution in [3.63, 3.8) is 0 Å². The number of fused-ring (bicyclic) bond motifs is 18. The first kappa shape index (κ1) is 65.3. The highest BCUT2D eigenvalue weighted by Crippen LogP contribution is 2.57. The van der Waals surface area contributed by atoms with Gasteiger partial charge in [0.2, 0.25) is 0 Å². The van der Waals surface area contributed by atoms with Gasteiger partial charge in [0.1, 0.15) is 0 Å². The average Bonchev–Trinajstić information content (AvgIpc) is 1.29. The van der Waals surface area contributed by atoms with Crippen LogP contribution in [0.2, 0.25) is 0 Å². The number of rotatable bonds is 8. The van der Waals surface area contributed by atoms with E-state index in [1.807, 2.05) is 22.7 Å². The third-order valence-electron chi connectivity index (χ3n) is 23.5. The molecule has 0 saturated carbocycles. The molecule has 0 amide bonds. The number of hydrogen-bond acceptors (Lipinski definition) is 4. The molecule has 2 aliphatic rings. The minimum absolute atomic E-state index is 0.201. The molecule has 0 atom stereocenters. The second-order valence-electron chi connectivity index (χ2n) is 33.1. The normalized spacial score (nSPS) is 13.1. The molecule has 0 radical (unpaired) electrons. The van der Waals surface area contributed by atoms with E-state index >= 15 is 0 Å². The predicted molar refractivity (Wildman–Crippen MR) is 473 cm³/mol. The van der Waals surface area contributed by atoms with Crippen molar-refractivity contribution in [2.45, 2.75) is 78.6 Å². The highest BCUT2D eigenvalue weighted by Gasteiger charge is 2.47. The molecule has 0 fully saturated rings. The third-order valence-corrected chi connectivity index (χ3v) is 25.8. The first-order chi connectivity index (χ1) is 53.0. The van der Waals surface area contributed by atoms with Gasteiger partial charge in [-0.05, 0) is 181 Å². The van der Waals surface area contributed by atoms with E-state index in [-0.39, 0.29) is 23.0 Å². The van der Waals surface area contributed by atoms with Crippen LogP contribution in [0.5, 0.6) is 0 Å². The van der Waals surface area contributed by atoms with Gasteiger partial charge in [0.15, 0.2) is 0 Å². The van der Waals surface area contributed by atoms with Crippen LogP contribution in [0.3, 0.4) is 0 Å². The molecule has 0 spiro atoms. The highest BCUT2D eigenvalue weighted by atomic mass is 32.1. The fourth-order valence-corrected chi connectivity index (χ4v) is 20.5.